The quantitative estimate of drug-likeness (QED) is 0.895. The van der Waals surface area contributed by atoms with Crippen LogP contribution in [0.3, 0.4) is 0 Å². The summed E-state index contributed by atoms with van der Waals surface area (Å²) >= 11 is 0. The number of amides is 1. The molecule has 1 aromatic rings. The molecular weight excluding hydrogens is 312 g/mol. The maximum atomic E-state index is 12.7. The van der Waals surface area contributed by atoms with Crippen LogP contribution in [0.4, 0.5) is 0 Å². The van der Waals surface area contributed by atoms with Crippen molar-refractivity contribution in [3.8, 4) is 0 Å². The van der Waals surface area contributed by atoms with E-state index >= 15 is 0 Å². The van der Waals surface area contributed by atoms with Crippen molar-refractivity contribution >= 4 is 15.9 Å². The SMILES string of the molecule is CC(C)C(C)NC(=O)C1CCCN(S(=O)(=O)c2ccccc2)C1. The maximum Gasteiger partial charge on any atom is 0.243 e. The second-order valence-electron chi connectivity index (χ2n) is 6.56. The second kappa shape index (κ2) is 7.45. The molecule has 1 saturated heterocycles. The first-order chi connectivity index (χ1) is 10.8. The fourth-order valence-corrected chi connectivity index (χ4v) is 4.17. The Hall–Kier alpha value is -1.40. The number of piperidine rings is 1. The zero-order valence-electron chi connectivity index (χ0n) is 14.0. The van der Waals surface area contributed by atoms with Gasteiger partial charge in [-0.2, -0.15) is 4.31 Å². The average Bonchev–Trinajstić information content (AvgIpc) is 2.55. The van der Waals surface area contributed by atoms with Gasteiger partial charge in [0.15, 0.2) is 0 Å². The zero-order valence-corrected chi connectivity index (χ0v) is 14.8. The largest absolute Gasteiger partial charge is 0.353 e. The van der Waals surface area contributed by atoms with Crippen LogP contribution in [0.2, 0.25) is 0 Å². The molecule has 1 heterocycles. The minimum absolute atomic E-state index is 0.0424. The predicted molar refractivity (Wildman–Crippen MR) is 90.4 cm³/mol. The van der Waals surface area contributed by atoms with Crippen molar-refractivity contribution in [2.75, 3.05) is 13.1 Å². The molecule has 1 amide bonds. The topological polar surface area (TPSA) is 66.5 Å². The van der Waals surface area contributed by atoms with Crippen LogP contribution >= 0.6 is 0 Å². The van der Waals surface area contributed by atoms with Gasteiger partial charge in [0.05, 0.1) is 10.8 Å². The van der Waals surface area contributed by atoms with E-state index in [1.54, 1.807) is 30.3 Å². The lowest BCUT2D eigenvalue weighted by atomic mass is 9.97. The number of sulfonamides is 1. The summed E-state index contributed by atoms with van der Waals surface area (Å²) in [5.74, 6) is 0.0364. The van der Waals surface area contributed by atoms with Crippen molar-refractivity contribution in [3.63, 3.8) is 0 Å². The fourth-order valence-electron chi connectivity index (χ4n) is 2.63. The van der Waals surface area contributed by atoms with Gasteiger partial charge < -0.3 is 5.32 Å². The molecule has 2 unspecified atom stereocenters. The number of hydrogen-bond donors (Lipinski definition) is 1. The van der Waals surface area contributed by atoms with Gasteiger partial charge in [-0.25, -0.2) is 8.42 Å². The predicted octanol–water partition coefficient (Wildman–Crippen LogP) is 2.25. The molecule has 2 rings (SSSR count). The number of benzene rings is 1. The van der Waals surface area contributed by atoms with Gasteiger partial charge in [0.1, 0.15) is 0 Å². The maximum absolute atomic E-state index is 12.7. The van der Waals surface area contributed by atoms with Crippen LogP contribution in [0.15, 0.2) is 35.2 Å². The Morgan fingerprint density at radius 1 is 1.22 bits per heavy atom. The fraction of sp³-hybridized carbons (Fsp3) is 0.588. The van der Waals surface area contributed by atoms with Crippen molar-refractivity contribution in [1.82, 2.24) is 9.62 Å². The van der Waals surface area contributed by atoms with E-state index in [4.69, 9.17) is 0 Å². The molecule has 1 fully saturated rings. The van der Waals surface area contributed by atoms with Crippen LogP contribution in [0.25, 0.3) is 0 Å². The molecule has 1 aromatic carbocycles. The van der Waals surface area contributed by atoms with Crippen molar-refractivity contribution in [2.24, 2.45) is 11.8 Å². The molecule has 5 nitrogen and oxygen atoms in total. The van der Waals surface area contributed by atoms with Gasteiger partial charge in [0.25, 0.3) is 0 Å². The smallest absolute Gasteiger partial charge is 0.243 e. The molecule has 1 N–H and O–H groups in total. The highest BCUT2D eigenvalue weighted by Crippen LogP contribution is 2.24. The van der Waals surface area contributed by atoms with E-state index < -0.39 is 10.0 Å². The van der Waals surface area contributed by atoms with Gasteiger partial charge in [0.2, 0.25) is 15.9 Å². The highest BCUT2D eigenvalue weighted by Gasteiger charge is 2.33. The Bertz CT molecular complexity index is 628. The Kier molecular flexibility index (Phi) is 5.81. The minimum Gasteiger partial charge on any atom is -0.353 e. The highest BCUT2D eigenvalue weighted by atomic mass is 32.2. The van der Waals surface area contributed by atoms with Crippen molar-refractivity contribution in [3.05, 3.63) is 30.3 Å². The lowest BCUT2D eigenvalue weighted by Crippen LogP contribution is -2.47. The minimum atomic E-state index is -3.52. The van der Waals surface area contributed by atoms with Crippen molar-refractivity contribution in [2.45, 2.75) is 44.6 Å². The molecule has 0 bridgehead atoms. The monoisotopic (exact) mass is 338 g/mol. The molecule has 128 valence electrons. The summed E-state index contributed by atoms with van der Waals surface area (Å²) in [5.41, 5.74) is 0. The number of rotatable bonds is 5. The van der Waals surface area contributed by atoms with Gasteiger partial charge in [0, 0.05) is 19.1 Å². The molecular formula is C17H26N2O3S. The first-order valence-electron chi connectivity index (χ1n) is 8.18. The van der Waals surface area contributed by atoms with Crippen LogP contribution in [0, 0.1) is 11.8 Å². The lowest BCUT2D eigenvalue weighted by molar-refractivity contribution is -0.127. The van der Waals surface area contributed by atoms with Crippen LogP contribution in [-0.4, -0.2) is 37.8 Å². The van der Waals surface area contributed by atoms with Crippen molar-refractivity contribution < 1.29 is 13.2 Å². The summed E-state index contributed by atoms with van der Waals surface area (Å²) in [5, 5.41) is 3.00. The first-order valence-corrected chi connectivity index (χ1v) is 9.62. The number of hydrogen-bond acceptors (Lipinski definition) is 3. The van der Waals surface area contributed by atoms with E-state index in [1.807, 2.05) is 6.92 Å². The zero-order chi connectivity index (χ0) is 17.0. The summed E-state index contributed by atoms with van der Waals surface area (Å²) in [7, 11) is -3.52. The summed E-state index contributed by atoms with van der Waals surface area (Å²) < 4.78 is 26.8. The normalized spacial score (nSPS) is 21.1. The molecule has 0 aliphatic carbocycles. The third-order valence-electron chi connectivity index (χ3n) is 4.51. The van der Waals surface area contributed by atoms with E-state index in [1.165, 1.54) is 4.31 Å². The summed E-state index contributed by atoms with van der Waals surface area (Å²) in [6.07, 6.45) is 1.44. The van der Waals surface area contributed by atoms with Crippen LogP contribution < -0.4 is 5.32 Å². The van der Waals surface area contributed by atoms with Crippen molar-refractivity contribution in [1.29, 1.82) is 0 Å². The Morgan fingerprint density at radius 2 is 1.87 bits per heavy atom. The van der Waals surface area contributed by atoms with E-state index in [2.05, 4.69) is 19.2 Å². The Labute approximate surface area is 139 Å². The molecule has 0 saturated carbocycles. The first kappa shape index (κ1) is 17.9. The third kappa shape index (κ3) is 4.32. The summed E-state index contributed by atoms with van der Waals surface area (Å²) in [6, 6.07) is 8.50. The molecule has 6 heteroatoms. The third-order valence-corrected chi connectivity index (χ3v) is 6.39. The number of nitrogens with one attached hydrogen (secondary N) is 1. The van der Waals surface area contributed by atoms with Crippen LogP contribution in [0.1, 0.15) is 33.6 Å². The van der Waals surface area contributed by atoms with Gasteiger partial charge in [-0.05, 0) is 37.8 Å². The van der Waals surface area contributed by atoms with E-state index in [0.717, 1.165) is 6.42 Å². The molecule has 0 radical (unpaired) electrons. The molecule has 0 aromatic heterocycles. The molecule has 2 atom stereocenters. The van der Waals surface area contributed by atoms with Gasteiger partial charge in [-0.15, -0.1) is 0 Å². The van der Waals surface area contributed by atoms with Gasteiger partial charge in [-0.3, -0.25) is 4.79 Å². The Morgan fingerprint density at radius 3 is 2.48 bits per heavy atom. The molecule has 0 spiro atoms. The molecule has 1 aliphatic rings. The summed E-state index contributed by atoms with van der Waals surface area (Å²) in [4.78, 5) is 12.7. The summed E-state index contributed by atoms with van der Waals surface area (Å²) in [6.45, 7) is 6.81. The lowest BCUT2D eigenvalue weighted by Gasteiger charge is -2.32. The van der Waals surface area contributed by atoms with Crippen LogP contribution in [-0.2, 0) is 14.8 Å². The molecule has 23 heavy (non-hydrogen) atoms. The van der Waals surface area contributed by atoms with Crippen LogP contribution in [0.5, 0.6) is 0 Å². The van der Waals surface area contributed by atoms with E-state index in [0.29, 0.717) is 18.9 Å². The number of carbonyl (C=O) groups excluding carboxylic acids is 1. The van der Waals surface area contributed by atoms with E-state index in [9.17, 15) is 13.2 Å². The van der Waals surface area contributed by atoms with Gasteiger partial charge >= 0.3 is 0 Å². The van der Waals surface area contributed by atoms with E-state index in [-0.39, 0.29) is 29.3 Å². The van der Waals surface area contributed by atoms with Gasteiger partial charge in [-0.1, -0.05) is 32.0 Å². The Balaban J connectivity index is 2.08. The second-order valence-corrected chi connectivity index (χ2v) is 8.49. The highest BCUT2D eigenvalue weighted by molar-refractivity contribution is 7.89. The average molecular weight is 338 g/mol. The molecule has 1 aliphatic heterocycles. The standard InChI is InChI=1S/C17H26N2O3S/c1-13(2)14(3)18-17(20)15-8-7-11-19(12-15)23(21,22)16-9-5-4-6-10-16/h4-6,9-10,13-15H,7-8,11-12H2,1-3H3,(H,18,20). The number of nitrogens with zero attached hydrogens (tertiary/aromatic N) is 1. The number of carbonyl (C=O) groups is 1.